The molecule has 0 spiro atoms. The first kappa shape index (κ1) is 14.9. The number of benzene rings is 1. The highest BCUT2D eigenvalue weighted by molar-refractivity contribution is 5.77. The predicted molar refractivity (Wildman–Crippen MR) is 83.5 cm³/mol. The van der Waals surface area contributed by atoms with Crippen molar-refractivity contribution < 1.29 is 4.79 Å². The Labute approximate surface area is 122 Å². The molecule has 3 unspecified atom stereocenters. The molecule has 1 saturated heterocycles. The topological polar surface area (TPSA) is 46.3 Å². The van der Waals surface area contributed by atoms with Crippen molar-refractivity contribution in [2.24, 2.45) is 5.92 Å². The SMILES string of the molecule is CC1CCC(C)N(C(=O)CC(C)c2ccc(N)cc2)C1. The summed E-state index contributed by atoms with van der Waals surface area (Å²) in [5, 5.41) is 0. The Balaban J connectivity index is 1.98. The fourth-order valence-electron chi connectivity index (χ4n) is 2.96. The normalized spacial score (nSPS) is 24.4. The number of anilines is 1. The molecular weight excluding hydrogens is 248 g/mol. The van der Waals surface area contributed by atoms with E-state index in [1.165, 1.54) is 12.0 Å². The molecule has 0 radical (unpaired) electrons. The van der Waals surface area contributed by atoms with E-state index in [4.69, 9.17) is 5.73 Å². The third-order valence-electron chi connectivity index (χ3n) is 4.42. The van der Waals surface area contributed by atoms with Crippen molar-refractivity contribution in [3.05, 3.63) is 29.8 Å². The fourth-order valence-corrected chi connectivity index (χ4v) is 2.96. The van der Waals surface area contributed by atoms with Gasteiger partial charge in [0.1, 0.15) is 0 Å². The van der Waals surface area contributed by atoms with E-state index in [0.717, 1.165) is 18.7 Å². The zero-order chi connectivity index (χ0) is 14.7. The molecule has 0 aromatic heterocycles. The molecule has 0 aliphatic carbocycles. The van der Waals surface area contributed by atoms with E-state index >= 15 is 0 Å². The van der Waals surface area contributed by atoms with E-state index in [-0.39, 0.29) is 11.8 Å². The molecule has 1 heterocycles. The molecule has 110 valence electrons. The Morgan fingerprint density at radius 3 is 2.60 bits per heavy atom. The fraction of sp³-hybridized carbons (Fsp3) is 0.588. The number of hydrogen-bond acceptors (Lipinski definition) is 2. The molecule has 1 amide bonds. The molecule has 1 aliphatic rings. The van der Waals surface area contributed by atoms with Gasteiger partial charge in [0.25, 0.3) is 0 Å². The maximum absolute atomic E-state index is 12.5. The third-order valence-corrected chi connectivity index (χ3v) is 4.42. The lowest BCUT2D eigenvalue weighted by Crippen LogP contribution is -2.45. The number of rotatable bonds is 3. The first-order chi connectivity index (χ1) is 9.47. The Hall–Kier alpha value is -1.51. The summed E-state index contributed by atoms with van der Waals surface area (Å²) in [6.45, 7) is 7.42. The molecule has 1 aliphatic heterocycles. The molecule has 1 fully saturated rings. The molecule has 3 nitrogen and oxygen atoms in total. The number of amides is 1. The standard InChI is InChI=1S/C17H26N2O/c1-12-4-5-14(3)19(11-12)17(20)10-13(2)15-6-8-16(18)9-7-15/h6-9,12-14H,4-5,10-11,18H2,1-3H3. The summed E-state index contributed by atoms with van der Waals surface area (Å²) in [6.07, 6.45) is 2.95. The Morgan fingerprint density at radius 1 is 1.30 bits per heavy atom. The van der Waals surface area contributed by atoms with Crippen LogP contribution in [0.1, 0.15) is 51.5 Å². The summed E-state index contributed by atoms with van der Waals surface area (Å²) in [4.78, 5) is 14.6. The van der Waals surface area contributed by atoms with E-state index in [1.54, 1.807) is 0 Å². The van der Waals surface area contributed by atoms with Gasteiger partial charge >= 0.3 is 0 Å². The summed E-state index contributed by atoms with van der Waals surface area (Å²) >= 11 is 0. The van der Waals surface area contributed by atoms with Crippen LogP contribution in [0.25, 0.3) is 0 Å². The van der Waals surface area contributed by atoms with Crippen LogP contribution < -0.4 is 5.73 Å². The van der Waals surface area contributed by atoms with E-state index in [1.807, 2.05) is 24.3 Å². The molecular formula is C17H26N2O. The molecule has 1 aromatic rings. The quantitative estimate of drug-likeness (QED) is 0.859. The summed E-state index contributed by atoms with van der Waals surface area (Å²) in [7, 11) is 0. The summed E-state index contributed by atoms with van der Waals surface area (Å²) in [5.74, 6) is 1.16. The minimum atomic E-state index is 0.243. The molecule has 3 heteroatoms. The van der Waals surface area contributed by atoms with Gasteiger partial charge in [-0.25, -0.2) is 0 Å². The number of nitrogen functional groups attached to an aromatic ring is 1. The first-order valence-electron chi connectivity index (χ1n) is 7.62. The van der Waals surface area contributed by atoms with Crippen LogP contribution >= 0.6 is 0 Å². The van der Waals surface area contributed by atoms with Gasteiger partial charge in [0, 0.05) is 24.7 Å². The van der Waals surface area contributed by atoms with Crippen LogP contribution in [0.4, 0.5) is 5.69 Å². The van der Waals surface area contributed by atoms with Gasteiger partial charge in [-0.05, 0) is 49.3 Å². The summed E-state index contributed by atoms with van der Waals surface area (Å²) in [5.41, 5.74) is 7.66. The van der Waals surface area contributed by atoms with Crippen LogP contribution in [0.5, 0.6) is 0 Å². The zero-order valence-electron chi connectivity index (χ0n) is 12.8. The van der Waals surface area contributed by atoms with Gasteiger partial charge in [-0.2, -0.15) is 0 Å². The molecule has 20 heavy (non-hydrogen) atoms. The van der Waals surface area contributed by atoms with Crippen LogP contribution in [0.15, 0.2) is 24.3 Å². The van der Waals surface area contributed by atoms with Gasteiger partial charge in [-0.15, -0.1) is 0 Å². The number of likely N-dealkylation sites (tertiary alicyclic amines) is 1. The van der Waals surface area contributed by atoms with E-state index in [2.05, 4.69) is 25.7 Å². The van der Waals surface area contributed by atoms with E-state index < -0.39 is 0 Å². The van der Waals surface area contributed by atoms with Crippen LogP contribution in [-0.2, 0) is 4.79 Å². The van der Waals surface area contributed by atoms with Gasteiger partial charge in [0.05, 0.1) is 0 Å². The lowest BCUT2D eigenvalue weighted by molar-refractivity contribution is -0.135. The largest absolute Gasteiger partial charge is 0.399 e. The average Bonchev–Trinajstić information content (AvgIpc) is 2.42. The highest BCUT2D eigenvalue weighted by atomic mass is 16.2. The lowest BCUT2D eigenvalue weighted by atomic mass is 9.92. The number of piperidine rings is 1. The second-order valence-electron chi connectivity index (χ2n) is 6.35. The number of hydrogen-bond donors (Lipinski definition) is 1. The Morgan fingerprint density at radius 2 is 1.95 bits per heavy atom. The zero-order valence-corrected chi connectivity index (χ0v) is 12.8. The molecule has 2 N–H and O–H groups in total. The van der Waals surface area contributed by atoms with Gasteiger partial charge in [0.15, 0.2) is 0 Å². The number of nitrogens with zero attached hydrogens (tertiary/aromatic N) is 1. The van der Waals surface area contributed by atoms with Gasteiger partial charge in [-0.1, -0.05) is 26.0 Å². The summed E-state index contributed by atoms with van der Waals surface area (Å²) in [6, 6.07) is 8.24. The van der Waals surface area contributed by atoms with Crippen molar-refractivity contribution in [3.8, 4) is 0 Å². The van der Waals surface area contributed by atoms with Gasteiger partial charge in [0.2, 0.25) is 5.91 Å². The molecule has 2 rings (SSSR count). The van der Waals surface area contributed by atoms with Crippen LogP contribution in [0.3, 0.4) is 0 Å². The van der Waals surface area contributed by atoms with Crippen molar-refractivity contribution >= 4 is 11.6 Å². The third kappa shape index (κ3) is 3.53. The first-order valence-corrected chi connectivity index (χ1v) is 7.62. The van der Waals surface area contributed by atoms with Gasteiger partial charge in [-0.3, -0.25) is 4.79 Å². The minimum Gasteiger partial charge on any atom is -0.399 e. The second-order valence-corrected chi connectivity index (χ2v) is 6.35. The number of nitrogens with two attached hydrogens (primary N) is 1. The van der Waals surface area contributed by atoms with Crippen LogP contribution in [0.2, 0.25) is 0 Å². The predicted octanol–water partition coefficient (Wildman–Crippen LogP) is 3.41. The maximum Gasteiger partial charge on any atom is 0.223 e. The van der Waals surface area contributed by atoms with Crippen LogP contribution in [0, 0.1) is 5.92 Å². The van der Waals surface area contributed by atoms with Crippen molar-refractivity contribution in [1.82, 2.24) is 4.90 Å². The smallest absolute Gasteiger partial charge is 0.223 e. The Bertz CT molecular complexity index is 455. The van der Waals surface area contributed by atoms with Gasteiger partial charge < -0.3 is 10.6 Å². The molecule has 0 bridgehead atoms. The monoisotopic (exact) mass is 274 g/mol. The number of carbonyl (C=O) groups excluding carboxylic acids is 1. The number of carbonyl (C=O) groups is 1. The van der Waals surface area contributed by atoms with Crippen LogP contribution in [-0.4, -0.2) is 23.4 Å². The average molecular weight is 274 g/mol. The van der Waals surface area contributed by atoms with Crippen molar-refractivity contribution in [2.75, 3.05) is 12.3 Å². The lowest BCUT2D eigenvalue weighted by Gasteiger charge is -2.37. The second kappa shape index (κ2) is 6.29. The highest BCUT2D eigenvalue weighted by Crippen LogP contribution is 2.26. The summed E-state index contributed by atoms with van der Waals surface area (Å²) < 4.78 is 0. The van der Waals surface area contributed by atoms with Crippen molar-refractivity contribution in [2.45, 2.75) is 52.0 Å². The van der Waals surface area contributed by atoms with Crippen molar-refractivity contribution in [3.63, 3.8) is 0 Å². The molecule has 0 saturated carbocycles. The maximum atomic E-state index is 12.5. The van der Waals surface area contributed by atoms with E-state index in [9.17, 15) is 4.79 Å². The molecule has 1 aromatic carbocycles. The Kier molecular flexibility index (Phi) is 4.69. The van der Waals surface area contributed by atoms with E-state index in [0.29, 0.717) is 18.4 Å². The molecule has 3 atom stereocenters. The minimum absolute atomic E-state index is 0.243. The van der Waals surface area contributed by atoms with Crippen molar-refractivity contribution in [1.29, 1.82) is 0 Å². The highest BCUT2D eigenvalue weighted by Gasteiger charge is 2.27.